The van der Waals surface area contributed by atoms with Crippen molar-refractivity contribution in [2.75, 3.05) is 11.1 Å². The van der Waals surface area contributed by atoms with Crippen molar-refractivity contribution in [2.45, 2.75) is 13.5 Å². The Kier molecular flexibility index (Phi) is 2.53. The van der Waals surface area contributed by atoms with Crippen LogP contribution in [0.25, 0.3) is 0 Å². The van der Waals surface area contributed by atoms with E-state index in [4.69, 9.17) is 10.3 Å². The molecule has 0 spiro atoms. The van der Waals surface area contributed by atoms with Gasteiger partial charge in [0, 0.05) is 6.07 Å². The lowest BCUT2D eigenvalue weighted by Gasteiger charge is -2.02. The van der Waals surface area contributed by atoms with E-state index in [9.17, 15) is 0 Å². The third-order valence-electron chi connectivity index (χ3n) is 1.93. The summed E-state index contributed by atoms with van der Waals surface area (Å²) in [5.74, 6) is 1.31. The summed E-state index contributed by atoms with van der Waals surface area (Å²) in [5, 5.41) is 6.94. The van der Waals surface area contributed by atoms with Gasteiger partial charge >= 0.3 is 0 Å². The van der Waals surface area contributed by atoms with Gasteiger partial charge in [0.2, 0.25) is 0 Å². The van der Waals surface area contributed by atoms with Crippen LogP contribution in [0.2, 0.25) is 0 Å². The average Bonchev–Trinajstić information content (AvgIpc) is 2.64. The van der Waals surface area contributed by atoms with Gasteiger partial charge in [-0.05, 0) is 19.1 Å². The molecule has 2 aromatic heterocycles. The van der Waals surface area contributed by atoms with Gasteiger partial charge in [-0.25, -0.2) is 4.98 Å². The molecule has 0 amide bonds. The molecule has 2 rings (SSSR count). The van der Waals surface area contributed by atoms with Gasteiger partial charge in [0.15, 0.2) is 5.76 Å². The van der Waals surface area contributed by atoms with E-state index in [0.717, 1.165) is 17.1 Å². The number of hydrogen-bond donors (Lipinski definition) is 2. The van der Waals surface area contributed by atoms with E-state index < -0.39 is 0 Å². The average molecular weight is 204 g/mol. The minimum Gasteiger partial charge on any atom is -0.384 e. The van der Waals surface area contributed by atoms with Crippen molar-refractivity contribution in [1.82, 2.24) is 10.1 Å². The first-order valence-electron chi connectivity index (χ1n) is 4.61. The van der Waals surface area contributed by atoms with Crippen LogP contribution >= 0.6 is 0 Å². The molecule has 0 saturated heterocycles. The van der Waals surface area contributed by atoms with E-state index in [1.165, 1.54) is 0 Å². The summed E-state index contributed by atoms with van der Waals surface area (Å²) < 4.78 is 5.05. The molecule has 5 nitrogen and oxygen atoms in total. The highest BCUT2D eigenvalue weighted by Crippen LogP contribution is 2.09. The minimum atomic E-state index is 0.510. The maximum absolute atomic E-state index is 5.47. The van der Waals surface area contributed by atoms with Crippen LogP contribution in [-0.2, 0) is 6.54 Å². The molecule has 0 radical (unpaired) electrons. The second kappa shape index (κ2) is 4.00. The number of rotatable bonds is 3. The van der Waals surface area contributed by atoms with E-state index in [0.29, 0.717) is 12.4 Å². The number of anilines is 2. The van der Waals surface area contributed by atoms with Crippen LogP contribution in [0, 0.1) is 6.92 Å². The molecule has 0 aliphatic carbocycles. The highest BCUT2D eigenvalue weighted by atomic mass is 16.5. The summed E-state index contributed by atoms with van der Waals surface area (Å²) in [6.07, 6.45) is 1.68. The van der Waals surface area contributed by atoms with E-state index in [1.807, 2.05) is 19.1 Å². The van der Waals surface area contributed by atoms with E-state index in [1.54, 1.807) is 12.3 Å². The fourth-order valence-electron chi connectivity index (χ4n) is 1.20. The molecule has 2 aromatic rings. The highest BCUT2D eigenvalue weighted by Gasteiger charge is 2.00. The van der Waals surface area contributed by atoms with Crippen molar-refractivity contribution in [3.05, 3.63) is 35.9 Å². The Hall–Kier alpha value is -2.04. The maximum Gasteiger partial charge on any atom is 0.156 e. The molecule has 5 heteroatoms. The number of aryl methyl sites for hydroxylation is 1. The van der Waals surface area contributed by atoms with Crippen LogP contribution in [0.15, 0.2) is 28.9 Å². The number of pyridine rings is 1. The second-order valence-corrected chi connectivity index (χ2v) is 3.26. The third kappa shape index (κ3) is 2.46. The number of nitrogens with one attached hydrogen (secondary N) is 1. The first-order valence-corrected chi connectivity index (χ1v) is 4.61. The predicted octanol–water partition coefficient (Wildman–Crippen LogP) is 1.57. The number of aromatic nitrogens is 2. The zero-order valence-corrected chi connectivity index (χ0v) is 8.40. The van der Waals surface area contributed by atoms with Crippen LogP contribution < -0.4 is 11.1 Å². The Morgan fingerprint density at radius 3 is 2.93 bits per heavy atom. The van der Waals surface area contributed by atoms with Crippen LogP contribution in [0.5, 0.6) is 0 Å². The van der Waals surface area contributed by atoms with E-state index >= 15 is 0 Å². The number of nitrogens with zero attached hydrogens (tertiary/aromatic N) is 2. The van der Waals surface area contributed by atoms with Gasteiger partial charge < -0.3 is 15.6 Å². The molecular weight excluding hydrogens is 192 g/mol. The normalized spacial score (nSPS) is 10.2. The van der Waals surface area contributed by atoms with Crippen molar-refractivity contribution in [2.24, 2.45) is 0 Å². The molecule has 3 N–H and O–H groups in total. The van der Waals surface area contributed by atoms with Crippen molar-refractivity contribution >= 4 is 11.5 Å². The van der Waals surface area contributed by atoms with Crippen molar-refractivity contribution < 1.29 is 4.52 Å². The van der Waals surface area contributed by atoms with Gasteiger partial charge in [0.05, 0.1) is 24.1 Å². The van der Waals surface area contributed by atoms with Crippen molar-refractivity contribution in [1.29, 1.82) is 0 Å². The van der Waals surface area contributed by atoms with Crippen molar-refractivity contribution in [3.63, 3.8) is 0 Å². The minimum absolute atomic E-state index is 0.510. The monoisotopic (exact) mass is 204 g/mol. The maximum atomic E-state index is 5.47. The van der Waals surface area contributed by atoms with Gasteiger partial charge in [0.1, 0.15) is 5.82 Å². The van der Waals surface area contributed by atoms with Crippen molar-refractivity contribution in [3.8, 4) is 0 Å². The van der Waals surface area contributed by atoms with Gasteiger partial charge in [-0.1, -0.05) is 5.16 Å². The lowest BCUT2D eigenvalue weighted by molar-refractivity contribution is 0.384. The molecule has 0 unspecified atom stereocenters. The Morgan fingerprint density at radius 2 is 2.33 bits per heavy atom. The first-order chi connectivity index (χ1) is 7.24. The lowest BCUT2D eigenvalue weighted by atomic mass is 10.3. The zero-order chi connectivity index (χ0) is 10.7. The summed E-state index contributed by atoms with van der Waals surface area (Å²) in [7, 11) is 0. The van der Waals surface area contributed by atoms with Gasteiger partial charge in [-0.15, -0.1) is 0 Å². The van der Waals surface area contributed by atoms with Gasteiger partial charge in [-0.3, -0.25) is 0 Å². The molecule has 0 atom stereocenters. The standard InChI is InChI=1S/C10H12N4O/c1-7-4-9(15-14-7)6-12-8-2-3-10(11)13-5-8/h2-5,12H,6H2,1H3,(H2,11,13). The fraction of sp³-hybridized carbons (Fsp3) is 0.200. The number of hydrogen-bond acceptors (Lipinski definition) is 5. The molecule has 0 fully saturated rings. The van der Waals surface area contributed by atoms with Gasteiger partial charge in [-0.2, -0.15) is 0 Å². The van der Waals surface area contributed by atoms with E-state index in [-0.39, 0.29) is 0 Å². The zero-order valence-electron chi connectivity index (χ0n) is 8.40. The summed E-state index contributed by atoms with van der Waals surface area (Å²) in [4.78, 5) is 3.97. The summed E-state index contributed by atoms with van der Waals surface area (Å²) in [6, 6.07) is 5.50. The van der Waals surface area contributed by atoms with Crippen LogP contribution in [0.1, 0.15) is 11.5 Å². The lowest BCUT2D eigenvalue weighted by Crippen LogP contribution is -1.99. The quantitative estimate of drug-likeness (QED) is 0.793. The molecule has 0 aliphatic rings. The molecule has 0 aliphatic heterocycles. The molecule has 78 valence electrons. The predicted molar refractivity (Wildman–Crippen MR) is 57.2 cm³/mol. The summed E-state index contributed by atoms with van der Waals surface area (Å²) in [6.45, 7) is 2.48. The SMILES string of the molecule is Cc1cc(CNc2ccc(N)nc2)on1. The third-order valence-corrected chi connectivity index (χ3v) is 1.93. The van der Waals surface area contributed by atoms with E-state index in [2.05, 4.69) is 15.5 Å². The number of nitrogens with two attached hydrogens (primary N) is 1. The summed E-state index contributed by atoms with van der Waals surface area (Å²) in [5.41, 5.74) is 7.25. The largest absolute Gasteiger partial charge is 0.384 e. The fourth-order valence-corrected chi connectivity index (χ4v) is 1.20. The highest BCUT2D eigenvalue weighted by molar-refractivity contribution is 5.45. The van der Waals surface area contributed by atoms with Crippen LogP contribution in [0.4, 0.5) is 11.5 Å². The molecular formula is C10H12N4O. The topological polar surface area (TPSA) is 77.0 Å². The second-order valence-electron chi connectivity index (χ2n) is 3.26. The smallest absolute Gasteiger partial charge is 0.156 e. The summed E-state index contributed by atoms with van der Waals surface area (Å²) >= 11 is 0. The molecule has 0 bridgehead atoms. The Morgan fingerprint density at radius 1 is 1.47 bits per heavy atom. The Balaban J connectivity index is 1.96. The molecule has 2 heterocycles. The molecule has 0 aromatic carbocycles. The first kappa shape index (κ1) is 9.51. The van der Waals surface area contributed by atoms with Crippen LogP contribution in [0.3, 0.4) is 0 Å². The van der Waals surface area contributed by atoms with Gasteiger partial charge in [0.25, 0.3) is 0 Å². The Bertz CT molecular complexity index is 435. The number of nitrogen functional groups attached to an aromatic ring is 1. The molecule has 15 heavy (non-hydrogen) atoms. The molecule has 0 saturated carbocycles. The Labute approximate surface area is 87.3 Å². The van der Waals surface area contributed by atoms with Crippen LogP contribution in [-0.4, -0.2) is 10.1 Å².